The van der Waals surface area contributed by atoms with Crippen molar-refractivity contribution in [3.05, 3.63) is 58.7 Å². The average Bonchev–Trinajstić information content (AvgIpc) is 3.01. The maximum atomic E-state index is 12.9. The molecule has 1 fully saturated rings. The lowest BCUT2D eigenvalue weighted by Crippen LogP contribution is -2.38. The zero-order valence-electron chi connectivity index (χ0n) is 18.2. The molecule has 2 amide bonds. The summed E-state index contributed by atoms with van der Waals surface area (Å²) in [7, 11) is 3.17. The van der Waals surface area contributed by atoms with Gasteiger partial charge < -0.3 is 19.3 Å². The van der Waals surface area contributed by atoms with E-state index in [1.54, 1.807) is 14.2 Å². The van der Waals surface area contributed by atoms with Gasteiger partial charge in [-0.05, 0) is 61.2 Å². The normalized spacial score (nSPS) is 14.3. The van der Waals surface area contributed by atoms with E-state index in [0.717, 1.165) is 17.5 Å². The van der Waals surface area contributed by atoms with Crippen LogP contribution < -0.4 is 9.47 Å². The second-order valence-electron chi connectivity index (χ2n) is 7.69. The van der Waals surface area contributed by atoms with Gasteiger partial charge in [-0.2, -0.15) is 0 Å². The van der Waals surface area contributed by atoms with Crippen LogP contribution in [0.25, 0.3) is 0 Å². The molecule has 1 aliphatic heterocycles. The first-order valence-corrected chi connectivity index (χ1v) is 10.3. The minimum Gasteiger partial charge on any atom is -0.493 e. The van der Waals surface area contributed by atoms with Crippen LogP contribution in [0, 0.1) is 13.8 Å². The number of carbonyl (C=O) groups is 2. The molecule has 0 saturated carbocycles. The number of benzene rings is 2. The lowest BCUT2D eigenvalue weighted by Gasteiger charge is -2.23. The molecule has 160 valence electrons. The van der Waals surface area contributed by atoms with Gasteiger partial charge in [-0.15, -0.1) is 0 Å². The minimum atomic E-state index is 0.0345. The predicted molar refractivity (Wildman–Crippen MR) is 116 cm³/mol. The smallest absolute Gasteiger partial charge is 0.253 e. The molecule has 3 rings (SSSR count). The lowest BCUT2D eigenvalue weighted by atomic mass is 10.1. The highest BCUT2D eigenvalue weighted by atomic mass is 16.5. The van der Waals surface area contributed by atoms with E-state index in [1.165, 1.54) is 5.56 Å². The summed E-state index contributed by atoms with van der Waals surface area (Å²) in [6, 6.07) is 11.3. The Morgan fingerprint density at radius 3 is 2.23 bits per heavy atom. The molecular formula is C24H30N2O4. The molecule has 2 aromatic carbocycles. The number of ether oxygens (including phenoxy) is 2. The summed E-state index contributed by atoms with van der Waals surface area (Å²) in [6.07, 6.45) is 1.07. The Bertz CT molecular complexity index is 925. The van der Waals surface area contributed by atoms with Crippen LogP contribution in [-0.4, -0.2) is 62.0 Å². The van der Waals surface area contributed by atoms with Crippen molar-refractivity contribution in [2.24, 2.45) is 0 Å². The summed E-state index contributed by atoms with van der Waals surface area (Å²) in [5.41, 5.74) is 3.88. The maximum absolute atomic E-state index is 12.9. The first-order chi connectivity index (χ1) is 14.4. The van der Waals surface area contributed by atoms with E-state index < -0.39 is 0 Å². The van der Waals surface area contributed by atoms with E-state index in [0.29, 0.717) is 49.7 Å². The Labute approximate surface area is 178 Å². The second-order valence-corrected chi connectivity index (χ2v) is 7.69. The average molecular weight is 411 g/mol. The Balaban J connectivity index is 1.62. The maximum Gasteiger partial charge on any atom is 0.253 e. The van der Waals surface area contributed by atoms with Crippen molar-refractivity contribution in [1.29, 1.82) is 0 Å². The third kappa shape index (κ3) is 4.93. The van der Waals surface area contributed by atoms with Crippen molar-refractivity contribution in [1.82, 2.24) is 9.80 Å². The Morgan fingerprint density at radius 1 is 0.833 bits per heavy atom. The molecule has 0 aromatic heterocycles. The second kappa shape index (κ2) is 9.65. The van der Waals surface area contributed by atoms with Crippen LogP contribution in [0.1, 0.15) is 33.5 Å². The molecule has 0 atom stereocenters. The molecule has 1 saturated heterocycles. The van der Waals surface area contributed by atoms with Gasteiger partial charge in [0.25, 0.3) is 5.91 Å². The zero-order valence-corrected chi connectivity index (χ0v) is 18.2. The summed E-state index contributed by atoms with van der Waals surface area (Å²) in [5, 5.41) is 0. The van der Waals surface area contributed by atoms with Crippen LogP contribution in [0.2, 0.25) is 0 Å². The van der Waals surface area contributed by atoms with Crippen LogP contribution in [0.5, 0.6) is 11.5 Å². The highest BCUT2D eigenvalue weighted by Gasteiger charge is 2.23. The number of hydrogen-bond donors (Lipinski definition) is 0. The third-order valence-electron chi connectivity index (χ3n) is 5.69. The number of carbonyl (C=O) groups excluding carboxylic acids is 2. The molecule has 0 unspecified atom stereocenters. The third-order valence-corrected chi connectivity index (χ3v) is 5.69. The molecule has 0 N–H and O–H groups in total. The molecular weight excluding hydrogens is 380 g/mol. The van der Waals surface area contributed by atoms with Gasteiger partial charge in [0, 0.05) is 31.7 Å². The molecule has 0 radical (unpaired) electrons. The number of amides is 2. The fraction of sp³-hybridized carbons (Fsp3) is 0.417. The topological polar surface area (TPSA) is 59.1 Å². The number of rotatable bonds is 5. The van der Waals surface area contributed by atoms with E-state index in [2.05, 4.69) is 0 Å². The van der Waals surface area contributed by atoms with Crippen molar-refractivity contribution in [2.45, 2.75) is 26.7 Å². The highest BCUT2D eigenvalue weighted by molar-refractivity contribution is 5.94. The standard InChI is InChI=1S/C24H30N2O4/c1-17-6-8-20(14-18(17)2)24(28)26-11-5-10-25(12-13-26)23(27)16-19-7-9-21(29-3)22(15-19)30-4/h6-9,14-15H,5,10-13,16H2,1-4H3. The molecule has 6 nitrogen and oxygen atoms in total. The summed E-state index contributed by atoms with van der Waals surface area (Å²) >= 11 is 0. The van der Waals surface area contributed by atoms with E-state index >= 15 is 0 Å². The largest absolute Gasteiger partial charge is 0.493 e. The Morgan fingerprint density at radius 2 is 1.53 bits per heavy atom. The van der Waals surface area contributed by atoms with Gasteiger partial charge in [-0.25, -0.2) is 0 Å². The zero-order chi connectivity index (χ0) is 21.7. The predicted octanol–water partition coefficient (Wildman–Crippen LogP) is 3.24. The van der Waals surface area contributed by atoms with Gasteiger partial charge >= 0.3 is 0 Å². The van der Waals surface area contributed by atoms with Crippen molar-refractivity contribution < 1.29 is 19.1 Å². The molecule has 1 heterocycles. The Hall–Kier alpha value is -3.02. The van der Waals surface area contributed by atoms with Gasteiger partial charge in [0.05, 0.1) is 20.6 Å². The van der Waals surface area contributed by atoms with Crippen LogP contribution in [0.4, 0.5) is 0 Å². The fourth-order valence-electron chi connectivity index (χ4n) is 3.70. The monoisotopic (exact) mass is 410 g/mol. The van der Waals surface area contributed by atoms with Gasteiger partial charge in [0.1, 0.15) is 0 Å². The molecule has 30 heavy (non-hydrogen) atoms. The van der Waals surface area contributed by atoms with E-state index in [1.807, 2.05) is 60.0 Å². The van der Waals surface area contributed by atoms with Gasteiger partial charge in [-0.3, -0.25) is 9.59 Å². The van der Waals surface area contributed by atoms with Crippen molar-refractivity contribution >= 4 is 11.8 Å². The number of methoxy groups -OCH3 is 2. The summed E-state index contributed by atoms with van der Waals surface area (Å²) in [6.45, 7) is 6.46. The van der Waals surface area contributed by atoms with Gasteiger partial charge in [-0.1, -0.05) is 12.1 Å². The molecule has 0 bridgehead atoms. The summed E-state index contributed by atoms with van der Waals surface area (Å²) in [5.74, 6) is 1.35. The van der Waals surface area contributed by atoms with Gasteiger partial charge in [0.15, 0.2) is 11.5 Å². The van der Waals surface area contributed by atoms with Crippen LogP contribution >= 0.6 is 0 Å². The van der Waals surface area contributed by atoms with E-state index in [4.69, 9.17) is 9.47 Å². The van der Waals surface area contributed by atoms with Crippen molar-refractivity contribution in [3.63, 3.8) is 0 Å². The molecule has 1 aliphatic rings. The lowest BCUT2D eigenvalue weighted by molar-refractivity contribution is -0.130. The fourth-order valence-corrected chi connectivity index (χ4v) is 3.70. The first-order valence-electron chi connectivity index (χ1n) is 10.3. The Kier molecular flexibility index (Phi) is 6.98. The molecule has 0 aliphatic carbocycles. The summed E-state index contributed by atoms with van der Waals surface area (Å²) in [4.78, 5) is 29.5. The minimum absolute atomic E-state index is 0.0345. The van der Waals surface area contributed by atoms with Crippen LogP contribution in [0.15, 0.2) is 36.4 Å². The van der Waals surface area contributed by atoms with Crippen molar-refractivity contribution in [3.8, 4) is 11.5 Å². The van der Waals surface area contributed by atoms with E-state index in [-0.39, 0.29) is 11.8 Å². The number of nitrogens with zero attached hydrogens (tertiary/aromatic N) is 2. The van der Waals surface area contributed by atoms with Crippen LogP contribution in [0.3, 0.4) is 0 Å². The number of aryl methyl sites for hydroxylation is 2. The SMILES string of the molecule is COc1ccc(CC(=O)N2CCCN(C(=O)c3ccc(C)c(C)c3)CC2)cc1OC. The highest BCUT2D eigenvalue weighted by Crippen LogP contribution is 2.28. The van der Waals surface area contributed by atoms with Crippen molar-refractivity contribution in [2.75, 3.05) is 40.4 Å². The quantitative estimate of drug-likeness (QED) is 0.759. The summed E-state index contributed by atoms with van der Waals surface area (Å²) < 4.78 is 10.6. The first kappa shape index (κ1) is 21.7. The van der Waals surface area contributed by atoms with Gasteiger partial charge in [0.2, 0.25) is 5.91 Å². The molecule has 0 spiro atoms. The van der Waals surface area contributed by atoms with Crippen LogP contribution in [-0.2, 0) is 11.2 Å². The van der Waals surface area contributed by atoms with E-state index in [9.17, 15) is 9.59 Å². The molecule has 6 heteroatoms. The number of hydrogen-bond acceptors (Lipinski definition) is 4. The molecule has 2 aromatic rings.